The van der Waals surface area contributed by atoms with Crippen LogP contribution in [0.3, 0.4) is 0 Å². The van der Waals surface area contributed by atoms with E-state index in [1.165, 1.54) is 32.8 Å². The Bertz CT molecular complexity index is 2720. The van der Waals surface area contributed by atoms with Crippen LogP contribution in [0.2, 0.25) is 0 Å². The summed E-state index contributed by atoms with van der Waals surface area (Å²) >= 11 is 0. The minimum absolute atomic E-state index is 0.716. The van der Waals surface area contributed by atoms with Gasteiger partial charge in [0.25, 0.3) is 0 Å². The van der Waals surface area contributed by atoms with Crippen molar-refractivity contribution < 1.29 is 0 Å². The minimum Gasteiger partial charge on any atom is -0.311 e. The van der Waals surface area contributed by atoms with Gasteiger partial charge in [-0.05, 0) is 54.8 Å². The van der Waals surface area contributed by atoms with Crippen molar-refractivity contribution in [1.82, 2.24) is 19.5 Å². The molecule has 242 valence electrons. The van der Waals surface area contributed by atoms with E-state index in [0.29, 0.717) is 5.82 Å². The Morgan fingerprint density at radius 1 is 0.549 bits per heavy atom. The first-order chi connectivity index (χ1) is 25.3. The van der Waals surface area contributed by atoms with Crippen molar-refractivity contribution in [3.63, 3.8) is 0 Å². The zero-order chi connectivity index (χ0) is 33.7. The van der Waals surface area contributed by atoms with E-state index < -0.39 is 0 Å². The van der Waals surface area contributed by atoms with Gasteiger partial charge in [-0.3, -0.25) is 0 Å². The van der Waals surface area contributed by atoms with E-state index in [2.05, 4.69) is 156 Å². The predicted molar refractivity (Wildman–Crippen MR) is 212 cm³/mol. The van der Waals surface area contributed by atoms with Gasteiger partial charge in [0.2, 0.25) is 0 Å². The largest absolute Gasteiger partial charge is 0.311 e. The molecule has 4 heteroatoms. The first kappa shape index (κ1) is 29.5. The SMILES string of the molecule is C1=CC(c2cc(-c3ccccc3)nc(-c3ccc(-c4nc5c6ccccc6ccc5c5c6c(n(-c7ccccc7)c45)CCC=C6)cc3)n2)=CCC1. The van der Waals surface area contributed by atoms with Crippen LogP contribution in [0.1, 0.15) is 36.2 Å². The summed E-state index contributed by atoms with van der Waals surface area (Å²) < 4.78 is 2.46. The summed E-state index contributed by atoms with van der Waals surface area (Å²) in [6, 6.07) is 45.1. The number of benzene rings is 5. The molecule has 0 amide bonds. The average Bonchev–Trinajstić information content (AvgIpc) is 3.57. The predicted octanol–water partition coefficient (Wildman–Crippen LogP) is 11.8. The van der Waals surface area contributed by atoms with Crippen molar-refractivity contribution in [2.24, 2.45) is 0 Å². The van der Waals surface area contributed by atoms with Crippen molar-refractivity contribution in [2.75, 3.05) is 0 Å². The van der Waals surface area contributed by atoms with Gasteiger partial charge in [0, 0.05) is 49.8 Å². The summed E-state index contributed by atoms with van der Waals surface area (Å²) in [5.41, 5.74) is 13.1. The van der Waals surface area contributed by atoms with E-state index in [4.69, 9.17) is 15.0 Å². The molecule has 10 rings (SSSR count). The van der Waals surface area contributed by atoms with Crippen molar-refractivity contribution in [3.8, 4) is 39.6 Å². The molecule has 0 aliphatic heterocycles. The van der Waals surface area contributed by atoms with E-state index in [1.807, 2.05) is 6.07 Å². The molecule has 0 spiro atoms. The number of nitrogens with zero attached hydrogens (tertiary/aromatic N) is 4. The first-order valence-corrected chi connectivity index (χ1v) is 17.8. The molecule has 2 aliphatic rings. The lowest BCUT2D eigenvalue weighted by Crippen LogP contribution is -2.03. The van der Waals surface area contributed by atoms with Gasteiger partial charge >= 0.3 is 0 Å². The highest BCUT2D eigenvalue weighted by molar-refractivity contribution is 6.20. The van der Waals surface area contributed by atoms with E-state index in [0.717, 1.165) is 81.7 Å². The van der Waals surface area contributed by atoms with Crippen LogP contribution in [0.25, 0.3) is 83.8 Å². The van der Waals surface area contributed by atoms with E-state index in [9.17, 15) is 0 Å². The summed E-state index contributed by atoms with van der Waals surface area (Å²) in [5, 5.41) is 4.81. The Morgan fingerprint density at radius 3 is 2.12 bits per heavy atom. The lowest BCUT2D eigenvalue weighted by atomic mass is 9.96. The molecule has 4 nitrogen and oxygen atoms in total. The van der Waals surface area contributed by atoms with Crippen molar-refractivity contribution in [2.45, 2.75) is 25.7 Å². The normalized spacial score (nSPS) is 13.9. The number of hydrogen-bond acceptors (Lipinski definition) is 3. The number of para-hydroxylation sites is 1. The molecule has 0 saturated heterocycles. The minimum atomic E-state index is 0.716. The number of allylic oxidation sites excluding steroid dienone is 5. The molecule has 0 radical (unpaired) electrons. The second-order valence-electron chi connectivity index (χ2n) is 13.4. The maximum Gasteiger partial charge on any atom is 0.160 e. The Labute approximate surface area is 296 Å². The van der Waals surface area contributed by atoms with Crippen molar-refractivity contribution >= 4 is 44.2 Å². The second kappa shape index (κ2) is 12.2. The summed E-state index contributed by atoms with van der Waals surface area (Å²) in [5.74, 6) is 0.716. The van der Waals surface area contributed by atoms with Gasteiger partial charge < -0.3 is 4.57 Å². The molecule has 51 heavy (non-hydrogen) atoms. The van der Waals surface area contributed by atoms with Gasteiger partial charge in [-0.15, -0.1) is 0 Å². The fraction of sp³-hybridized carbons (Fsp3) is 0.0851. The molecular weight excluding hydrogens is 621 g/mol. The molecule has 0 atom stereocenters. The van der Waals surface area contributed by atoms with Gasteiger partial charge in [0.15, 0.2) is 5.82 Å². The standard InChI is InChI=1S/C47H34N4/c1-4-15-32(16-5-1)40-30-41(33-17-6-2-7-18-33)49-47(48-40)35-26-24-34(25-27-35)44-46-43(39-29-28-31-14-10-11-21-37(31)45(39)50-44)38-22-12-13-23-42(38)51(46)36-19-8-3-9-20-36/h1,3-6,8-12,14-22,24-30H,2,7,13,23H2. The summed E-state index contributed by atoms with van der Waals surface area (Å²) in [7, 11) is 0. The number of aromatic nitrogens is 4. The van der Waals surface area contributed by atoms with Crippen molar-refractivity contribution in [3.05, 3.63) is 169 Å². The highest BCUT2D eigenvalue weighted by Crippen LogP contribution is 2.43. The second-order valence-corrected chi connectivity index (χ2v) is 13.4. The Morgan fingerprint density at radius 2 is 1.29 bits per heavy atom. The van der Waals surface area contributed by atoms with Crippen LogP contribution in [0.4, 0.5) is 0 Å². The Balaban J connectivity index is 1.20. The molecule has 8 aromatic rings. The van der Waals surface area contributed by atoms with Crippen molar-refractivity contribution in [1.29, 1.82) is 0 Å². The molecular formula is C47H34N4. The zero-order valence-corrected chi connectivity index (χ0v) is 28.1. The fourth-order valence-electron chi connectivity index (χ4n) is 7.85. The molecule has 0 unspecified atom stereocenters. The molecule has 2 aliphatic carbocycles. The van der Waals surface area contributed by atoms with Gasteiger partial charge in [-0.2, -0.15) is 0 Å². The summed E-state index contributed by atoms with van der Waals surface area (Å²) in [6.45, 7) is 0. The number of pyridine rings is 1. The van der Waals surface area contributed by atoms with E-state index in [-0.39, 0.29) is 0 Å². The quantitative estimate of drug-likeness (QED) is 0.173. The highest BCUT2D eigenvalue weighted by atomic mass is 15.0. The van der Waals surface area contributed by atoms with Crippen LogP contribution >= 0.6 is 0 Å². The monoisotopic (exact) mass is 654 g/mol. The van der Waals surface area contributed by atoms with E-state index >= 15 is 0 Å². The third-order valence-electron chi connectivity index (χ3n) is 10.3. The lowest BCUT2D eigenvalue weighted by molar-refractivity contribution is 0.888. The van der Waals surface area contributed by atoms with Crippen LogP contribution in [0, 0.1) is 0 Å². The summed E-state index contributed by atoms with van der Waals surface area (Å²) in [6.07, 6.45) is 15.4. The molecule has 0 saturated carbocycles. The van der Waals surface area contributed by atoms with Gasteiger partial charge in [0.1, 0.15) is 0 Å². The molecule has 3 aromatic heterocycles. The third kappa shape index (κ3) is 5.02. The van der Waals surface area contributed by atoms with Crippen LogP contribution in [-0.4, -0.2) is 19.5 Å². The molecule has 3 heterocycles. The fourth-order valence-corrected chi connectivity index (χ4v) is 7.85. The van der Waals surface area contributed by atoms with Crippen LogP contribution in [0.15, 0.2) is 152 Å². The number of rotatable bonds is 5. The van der Waals surface area contributed by atoms with E-state index in [1.54, 1.807) is 0 Å². The Kier molecular flexibility index (Phi) is 7.05. The molecule has 0 N–H and O–H groups in total. The zero-order valence-electron chi connectivity index (χ0n) is 28.1. The lowest BCUT2D eigenvalue weighted by Gasteiger charge is -2.15. The number of fused-ring (bicyclic) bond motifs is 7. The van der Waals surface area contributed by atoms with Gasteiger partial charge in [0.05, 0.1) is 28.1 Å². The molecule has 0 fully saturated rings. The van der Waals surface area contributed by atoms with Crippen LogP contribution in [0.5, 0.6) is 0 Å². The van der Waals surface area contributed by atoms with Crippen LogP contribution < -0.4 is 0 Å². The molecule has 5 aromatic carbocycles. The van der Waals surface area contributed by atoms with Gasteiger partial charge in [-0.25, -0.2) is 15.0 Å². The third-order valence-corrected chi connectivity index (χ3v) is 10.3. The molecule has 0 bridgehead atoms. The summed E-state index contributed by atoms with van der Waals surface area (Å²) in [4.78, 5) is 15.8. The number of hydrogen-bond donors (Lipinski definition) is 0. The Hall–Kier alpha value is -6.39. The topological polar surface area (TPSA) is 43.6 Å². The average molecular weight is 655 g/mol. The maximum atomic E-state index is 5.57. The first-order valence-electron chi connectivity index (χ1n) is 17.8. The smallest absolute Gasteiger partial charge is 0.160 e. The van der Waals surface area contributed by atoms with Crippen LogP contribution in [-0.2, 0) is 6.42 Å². The highest BCUT2D eigenvalue weighted by Gasteiger charge is 2.25. The van der Waals surface area contributed by atoms with Gasteiger partial charge in [-0.1, -0.05) is 140 Å². The maximum absolute atomic E-state index is 5.57.